The molecule has 1 aliphatic carbocycles. The Bertz CT molecular complexity index is 756. The average molecular weight is 285 g/mol. The number of imidazole rings is 1. The van der Waals surface area contributed by atoms with Crippen LogP contribution in [0.1, 0.15) is 30.5 Å². The highest BCUT2D eigenvalue weighted by Gasteiger charge is 2.27. The van der Waals surface area contributed by atoms with E-state index < -0.39 is 0 Å². The fourth-order valence-corrected chi connectivity index (χ4v) is 3.05. The molecule has 1 aromatic carbocycles. The highest BCUT2D eigenvalue weighted by atomic mass is 32.1. The Hall–Kier alpha value is -1.95. The van der Waals surface area contributed by atoms with E-state index in [9.17, 15) is 0 Å². The van der Waals surface area contributed by atoms with Gasteiger partial charge in [-0.25, -0.2) is 9.97 Å². The Labute approximate surface area is 120 Å². The zero-order valence-corrected chi connectivity index (χ0v) is 12.0. The lowest BCUT2D eigenvalue weighted by Gasteiger charge is -2.07. The first kappa shape index (κ1) is 11.8. The summed E-state index contributed by atoms with van der Waals surface area (Å²) in [6, 6.07) is 8.97. The monoisotopic (exact) mass is 285 g/mol. The number of nitrogens with one attached hydrogen (secondary N) is 1. The van der Waals surface area contributed by atoms with Crippen molar-refractivity contribution < 1.29 is 0 Å². The van der Waals surface area contributed by atoms with Crippen LogP contribution in [0, 0.1) is 6.92 Å². The van der Waals surface area contributed by atoms with Crippen LogP contribution in [-0.2, 0) is 6.54 Å². The second kappa shape index (κ2) is 4.56. The van der Waals surface area contributed by atoms with Crippen molar-refractivity contribution in [1.29, 1.82) is 0 Å². The Morgan fingerprint density at radius 3 is 2.90 bits per heavy atom. The molecule has 0 spiro atoms. The minimum atomic E-state index is 0.621. The molecule has 0 aliphatic heterocycles. The summed E-state index contributed by atoms with van der Waals surface area (Å²) in [5, 5.41) is 4.19. The molecule has 1 aliphatic rings. The minimum absolute atomic E-state index is 0.621. The number of aryl methyl sites for hydroxylation is 1. The van der Waals surface area contributed by atoms with E-state index >= 15 is 0 Å². The van der Waals surface area contributed by atoms with Gasteiger partial charge in [-0.2, -0.15) is 4.37 Å². The molecule has 2 heterocycles. The van der Waals surface area contributed by atoms with Crippen molar-refractivity contribution in [3.05, 3.63) is 35.9 Å². The Morgan fingerprint density at radius 1 is 1.30 bits per heavy atom. The molecule has 0 bridgehead atoms. The van der Waals surface area contributed by atoms with Crippen molar-refractivity contribution in [2.24, 2.45) is 0 Å². The van der Waals surface area contributed by atoms with Crippen LogP contribution < -0.4 is 5.32 Å². The summed E-state index contributed by atoms with van der Waals surface area (Å²) >= 11 is 1.40. The molecule has 4 rings (SSSR count). The lowest BCUT2D eigenvalue weighted by atomic mass is 10.3. The molecule has 0 radical (unpaired) electrons. The first-order chi connectivity index (χ1) is 9.81. The summed E-state index contributed by atoms with van der Waals surface area (Å²) in [5.74, 6) is 1.90. The van der Waals surface area contributed by atoms with Crippen molar-refractivity contribution in [1.82, 2.24) is 18.9 Å². The zero-order valence-electron chi connectivity index (χ0n) is 11.2. The van der Waals surface area contributed by atoms with Crippen molar-refractivity contribution in [2.75, 3.05) is 5.32 Å². The summed E-state index contributed by atoms with van der Waals surface area (Å²) in [4.78, 5) is 9.08. The van der Waals surface area contributed by atoms with E-state index in [2.05, 4.69) is 37.4 Å². The zero-order chi connectivity index (χ0) is 13.5. The molecule has 102 valence electrons. The largest absolute Gasteiger partial charge is 0.353 e. The van der Waals surface area contributed by atoms with E-state index in [1.165, 1.54) is 29.9 Å². The van der Waals surface area contributed by atoms with E-state index in [-0.39, 0.29) is 0 Å². The molecule has 0 saturated heterocycles. The molecule has 0 atom stereocenters. The molecular weight excluding hydrogens is 270 g/mol. The lowest BCUT2D eigenvalue weighted by Crippen LogP contribution is -2.07. The number of aromatic nitrogens is 4. The average Bonchev–Trinajstić information content (AvgIpc) is 3.09. The Morgan fingerprint density at radius 2 is 2.15 bits per heavy atom. The van der Waals surface area contributed by atoms with Crippen molar-refractivity contribution >= 4 is 27.7 Å². The van der Waals surface area contributed by atoms with Crippen LogP contribution in [0.4, 0.5) is 5.13 Å². The first-order valence-corrected chi connectivity index (χ1v) is 7.58. The normalized spacial score (nSPS) is 14.8. The third kappa shape index (κ3) is 2.06. The molecule has 3 aromatic rings. The van der Waals surface area contributed by atoms with Crippen LogP contribution in [0.5, 0.6) is 0 Å². The van der Waals surface area contributed by atoms with Crippen LogP contribution in [-0.4, -0.2) is 18.9 Å². The van der Waals surface area contributed by atoms with Gasteiger partial charge in [0.05, 0.1) is 17.6 Å². The van der Waals surface area contributed by atoms with Gasteiger partial charge in [-0.15, -0.1) is 0 Å². The standard InChI is InChI=1S/C14H15N5S/c1-9-16-14(20-18-9)15-8-13-17-11-4-2-3-5-12(11)19(13)10-6-7-10/h2-5,10H,6-8H2,1H3,(H,15,16,18). The van der Waals surface area contributed by atoms with Gasteiger partial charge in [0.1, 0.15) is 11.6 Å². The van der Waals surface area contributed by atoms with Gasteiger partial charge >= 0.3 is 0 Å². The number of rotatable bonds is 4. The summed E-state index contributed by atoms with van der Waals surface area (Å²) in [6.45, 7) is 2.60. The van der Waals surface area contributed by atoms with Gasteiger partial charge in [0.15, 0.2) is 0 Å². The molecule has 20 heavy (non-hydrogen) atoms. The predicted molar refractivity (Wildman–Crippen MR) is 80.0 cm³/mol. The third-order valence-electron chi connectivity index (χ3n) is 3.51. The smallest absolute Gasteiger partial charge is 0.202 e. The van der Waals surface area contributed by atoms with Gasteiger partial charge in [-0.3, -0.25) is 0 Å². The summed E-state index contributed by atoms with van der Waals surface area (Å²) < 4.78 is 6.55. The van der Waals surface area contributed by atoms with Crippen LogP contribution >= 0.6 is 11.5 Å². The predicted octanol–water partition coefficient (Wildman–Crippen LogP) is 3.14. The maximum Gasteiger partial charge on any atom is 0.202 e. The number of fused-ring (bicyclic) bond motifs is 1. The molecule has 0 unspecified atom stereocenters. The summed E-state index contributed by atoms with van der Waals surface area (Å²) in [5.41, 5.74) is 2.31. The molecule has 1 N–H and O–H groups in total. The van der Waals surface area contributed by atoms with Crippen LogP contribution in [0.3, 0.4) is 0 Å². The number of anilines is 1. The van der Waals surface area contributed by atoms with E-state index in [0.29, 0.717) is 12.6 Å². The fourth-order valence-electron chi connectivity index (χ4n) is 2.48. The second-order valence-corrected chi connectivity index (χ2v) is 5.87. The molecule has 5 nitrogen and oxygen atoms in total. The van der Waals surface area contributed by atoms with Crippen LogP contribution in [0.15, 0.2) is 24.3 Å². The minimum Gasteiger partial charge on any atom is -0.353 e. The van der Waals surface area contributed by atoms with Gasteiger partial charge in [-0.1, -0.05) is 12.1 Å². The number of hydrogen-bond donors (Lipinski definition) is 1. The maximum absolute atomic E-state index is 4.75. The van der Waals surface area contributed by atoms with E-state index in [1.807, 2.05) is 13.0 Å². The van der Waals surface area contributed by atoms with Crippen molar-refractivity contribution in [3.63, 3.8) is 0 Å². The highest BCUT2D eigenvalue weighted by Crippen LogP contribution is 2.38. The van der Waals surface area contributed by atoms with Gasteiger partial charge in [0.25, 0.3) is 0 Å². The van der Waals surface area contributed by atoms with E-state index in [0.717, 1.165) is 22.3 Å². The Balaban J connectivity index is 1.66. The Kier molecular flexibility index (Phi) is 2.70. The maximum atomic E-state index is 4.75. The summed E-state index contributed by atoms with van der Waals surface area (Å²) in [6.07, 6.45) is 2.51. The third-order valence-corrected chi connectivity index (χ3v) is 4.27. The lowest BCUT2D eigenvalue weighted by molar-refractivity contribution is 0.711. The van der Waals surface area contributed by atoms with Crippen LogP contribution in [0.2, 0.25) is 0 Å². The van der Waals surface area contributed by atoms with Crippen molar-refractivity contribution in [3.8, 4) is 0 Å². The fraction of sp³-hybridized carbons (Fsp3) is 0.357. The van der Waals surface area contributed by atoms with E-state index in [1.54, 1.807) is 0 Å². The topological polar surface area (TPSA) is 55.6 Å². The number of nitrogens with zero attached hydrogens (tertiary/aromatic N) is 4. The summed E-state index contributed by atoms with van der Waals surface area (Å²) in [7, 11) is 0. The van der Waals surface area contributed by atoms with E-state index in [4.69, 9.17) is 4.98 Å². The SMILES string of the molecule is Cc1nsc(NCc2nc3ccccc3n2C2CC2)n1. The second-order valence-electron chi connectivity index (χ2n) is 5.12. The van der Waals surface area contributed by atoms with Gasteiger partial charge < -0.3 is 9.88 Å². The quantitative estimate of drug-likeness (QED) is 0.800. The first-order valence-electron chi connectivity index (χ1n) is 6.81. The van der Waals surface area contributed by atoms with Crippen molar-refractivity contribution in [2.45, 2.75) is 32.4 Å². The molecular formula is C14H15N5S. The molecule has 0 amide bonds. The van der Waals surface area contributed by atoms with Gasteiger partial charge in [0, 0.05) is 17.6 Å². The molecule has 1 fully saturated rings. The van der Waals surface area contributed by atoms with Gasteiger partial charge in [0.2, 0.25) is 5.13 Å². The number of para-hydroxylation sites is 2. The number of hydrogen-bond acceptors (Lipinski definition) is 5. The number of benzene rings is 1. The molecule has 6 heteroatoms. The highest BCUT2D eigenvalue weighted by molar-refractivity contribution is 7.09. The van der Waals surface area contributed by atoms with Gasteiger partial charge in [-0.05, 0) is 31.9 Å². The molecule has 2 aromatic heterocycles. The van der Waals surface area contributed by atoms with Crippen LogP contribution in [0.25, 0.3) is 11.0 Å². The molecule has 1 saturated carbocycles.